The number of amides is 1. The third kappa shape index (κ3) is 4.97. The summed E-state index contributed by atoms with van der Waals surface area (Å²) in [5.74, 6) is 2.30. The average molecular weight is 367 g/mol. The number of carbonyl (C=O) groups is 1. The summed E-state index contributed by atoms with van der Waals surface area (Å²) in [7, 11) is 0. The Morgan fingerprint density at radius 3 is 2.92 bits per heavy atom. The van der Waals surface area contributed by atoms with Gasteiger partial charge in [-0.1, -0.05) is 25.6 Å². The van der Waals surface area contributed by atoms with Crippen LogP contribution in [0, 0.1) is 5.92 Å². The normalized spacial score (nSPS) is 24.0. The SMILES string of the molecule is CCCc1nnc(SCC(=O)N2CCC[C@H](C)C2)n1C[C@H]1CCCO1. The standard InChI is InChI=1S/C18H30N4O2S/c1-3-6-16-19-20-18(22(16)12-15-8-5-10-24-15)25-13-17(23)21-9-4-7-14(2)11-21/h14-15H,3-13H2,1-2H3/t14-,15+/m0/s1. The van der Waals surface area contributed by atoms with E-state index >= 15 is 0 Å². The number of hydrogen-bond acceptors (Lipinski definition) is 5. The molecule has 2 saturated heterocycles. The maximum Gasteiger partial charge on any atom is 0.233 e. The van der Waals surface area contributed by atoms with Crippen LogP contribution >= 0.6 is 11.8 Å². The van der Waals surface area contributed by atoms with Gasteiger partial charge in [0.25, 0.3) is 0 Å². The highest BCUT2D eigenvalue weighted by molar-refractivity contribution is 7.99. The van der Waals surface area contributed by atoms with Gasteiger partial charge in [0.05, 0.1) is 18.4 Å². The zero-order valence-electron chi connectivity index (χ0n) is 15.4. The van der Waals surface area contributed by atoms with Crippen molar-refractivity contribution in [1.82, 2.24) is 19.7 Å². The first kappa shape index (κ1) is 18.7. The van der Waals surface area contributed by atoms with E-state index in [1.54, 1.807) is 0 Å². The molecule has 1 aromatic rings. The first-order valence-electron chi connectivity index (χ1n) is 9.61. The third-order valence-corrected chi connectivity index (χ3v) is 5.96. The molecule has 3 rings (SSSR count). The van der Waals surface area contributed by atoms with Crippen LogP contribution in [0.4, 0.5) is 0 Å². The lowest BCUT2D eigenvalue weighted by Gasteiger charge is -2.30. The summed E-state index contributed by atoms with van der Waals surface area (Å²) in [6.45, 7) is 7.82. The maximum atomic E-state index is 12.5. The van der Waals surface area contributed by atoms with Crippen LogP contribution < -0.4 is 0 Å². The van der Waals surface area contributed by atoms with Crippen LogP contribution in [-0.4, -0.2) is 57.1 Å². The summed E-state index contributed by atoms with van der Waals surface area (Å²) in [5, 5.41) is 9.58. The van der Waals surface area contributed by atoms with Gasteiger partial charge < -0.3 is 14.2 Å². The van der Waals surface area contributed by atoms with E-state index in [0.29, 0.717) is 11.7 Å². The number of rotatable bonds is 7. The Labute approximate surface area is 154 Å². The molecular weight excluding hydrogens is 336 g/mol. The molecule has 25 heavy (non-hydrogen) atoms. The second kappa shape index (κ2) is 9.03. The van der Waals surface area contributed by atoms with E-state index in [0.717, 1.165) is 69.3 Å². The fraction of sp³-hybridized carbons (Fsp3) is 0.833. The van der Waals surface area contributed by atoms with Crippen molar-refractivity contribution >= 4 is 17.7 Å². The lowest BCUT2D eigenvalue weighted by molar-refractivity contribution is -0.130. The molecule has 2 fully saturated rings. The predicted octanol–water partition coefficient (Wildman–Crippen LogP) is 2.76. The number of nitrogens with zero attached hydrogens (tertiary/aromatic N) is 4. The van der Waals surface area contributed by atoms with Gasteiger partial charge in [-0.2, -0.15) is 0 Å². The summed E-state index contributed by atoms with van der Waals surface area (Å²) in [5.41, 5.74) is 0. The molecule has 2 aliphatic rings. The Morgan fingerprint density at radius 2 is 2.20 bits per heavy atom. The van der Waals surface area contributed by atoms with Gasteiger partial charge in [-0.25, -0.2) is 0 Å². The molecule has 0 aromatic carbocycles. The molecule has 1 aromatic heterocycles. The van der Waals surface area contributed by atoms with Crippen LogP contribution in [0.1, 0.15) is 51.8 Å². The topological polar surface area (TPSA) is 60.2 Å². The molecule has 0 aliphatic carbocycles. The minimum Gasteiger partial charge on any atom is -0.376 e. The van der Waals surface area contributed by atoms with Gasteiger partial charge >= 0.3 is 0 Å². The van der Waals surface area contributed by atoms with Crippen LogP contribution in [0.2, 0.25) is 0 Å². The molecule has 2 aliphatic heterocycles. The summed E-state index contributed by atoms with van der Waals surface area (Å²) in [6, 6.07) is 0. The Balaban J connectivity index is 1.61. The van der Waals surface area contributed by atoms with Crippen molar-refractivity contribution in [2.24, 2.45) is 5.92 Å². The largest absolute Gasteiger partial charge is 0.376 e. The molecule has 1 amide bonds. The molecule has 0 spiro atoms. The van der Waals surface area contributed by atoms with E-state index in [1.807, 2.05) is 4.90 Å². The summed E-state index contributed by atoms with van der Waals surface area (Å²) in [4.78, 5) is 14.5. The van der Waals surface area contributed by atoms with Crippen LogP contribution in [0.3, 0.4) is 0 Å². The highest BCUT2D eigenvalue weighted by Crippen LogP contribution is 2.23. The number of hydrogen-bond donors (Lipinski definition) is 0. The second-order valence-corrected chi connectivity index (χ2v) is 8.21. The number of ether oxygens (including phenoxy) is 1. The van der Waals surface area contributed by atoms with E-state index in [4.69, 9.17) is 4.74 Å². The molecule has 0 unspecified atom stereocenters. The lowest BCUT2D eigenvalue weighted by atomic mass is 10.0. The van der Waals surface area contributed by atoms with E-state index in [-0.39, 0.29) is 12.0 Å². The minimum atomic E-state index is 0.222. The number of likely N-dealkylation sites (tertiary alicyclic amines) is 1. The molecule has 0 saturated carbocycles. The van der Waals surface area contributed by atoms with Gasteiger partial charge in [-0.15, -0.1) is 10.2 Å². The zero-order chi connectivity index (χ0) is 17.6. The zero-order valence-corrected chi connectivity index (χ0v) is 16.3. The fourth-order valence-corrected chi connectivity index (χ4v) is 4.51. The quantitative estimate of drug-likeness (QED) is 0.695. The predicted molar refractivity (Wildman–Crippen MR) is 98.7 cm³/mol. The molecular formula is C18H30N4O2S. The molecule has 3 heterocycles. The Hall–Kier alpha value is -1.08. The number of piperidine rings is 1. The van der Waals surface area contributed by atoms with Crippen LogP contribution in [0.15, 0.2) is 5.16 Å². The van der Waals surface area contributed by atoms with E-state index in [1.165, 1.54) is 18.2 Å². The fourth-order valence-electron chi connectivity index (χ4n) is 3.64. The van der Waals surface area contributed by atoms with Crippen LogP contribution in [0.5, 0.6) is 0 Å². The van der Waals surface area contributed by atoms with Gasteiger partial charge in [0.2, 0.25) is 5.91 Å². The maximum absolute atomic E-state index is 12.5. The molecule has 2 atom stereocenters. The Bertz CT molecular complexity index is 571. The highest BCUT2D eigenvalue weighted by Gasteiger charge is 2.24. The molecule has 140 valence electrons. The van der Waals surface area contributed by atoms with E-state index < -0.39 is 0 Å². The monoisotopic (exact) mass is 366 g/mol. The number of aryl methyl sites for hydroxylation is 1. The Morgan fingerprint density at radius 1 is 1.32 bits per heavy atom. The van der Waals surface area contributed by atoms with Gasteiger partial charge in [-0.3, -0.25) is 4.79 Å². The van der Waals surface area contributed by atoms with Gasteiger partial charge in [0, 0.05) is 26.1 Å². The number of carbonyl (C=O) groups excluding carboxylic acids is 1. The average Bonchev–Trinajstić information content (AvgIpc) is 3.24. The van der Waals surface area contributed by atoms with Crippen molar-refractivity contribution in [2.75, 3.05) is 25.4 Å². The van der Waals surface area contributed by atoms with Crippen molar-refractivity contribution < 1.29 is 9.53 Å². The first-order chi connectivity index (χ1) is 12.2. The molecule has 0 N–H and O–H groups in total. The van der Waals surface area contributed by atoms with Crippen LogP contribution in [0.25, 0.3) is 0 Å². The second-order valence-electron chi connectivity index (χ2n) is 7.27. The van der Waals surface area contributed by atoms with Gasteiger partial charge in [0.15, 0.2) is 5.16 Å². The van der Waals surface area contributed by atoms with Crippen molar-refractivity contribution in [3.8, 4) is 0 Å². The van der Waals surface area contributed by atoms with E-state index in [2.05, 4.69) is 28.6 Å². The first-order valence-corrected chi connectivity index (χ1v) is 10.6. The van der Waals surface area contributed by atoms with Crippen molar-refractivity contribution in [2.45, 2.75) is 70.2 Å². The Kier molecular flexibility index (Phi) is 6.76. The number of thioether (sulfide) groups is 1. The summed E-state index contributed by atoms with van der Waals surface area (Å²) in [6.07, 6.45) is 6.78. The van der Waals surface area contributed by atoms with Crippen molar-refractivity contribution in [3.05, 3.63) is 5.82 Å². The van der Waals surface area contributed by atoms with Crippen LogP contribution in [-0.2, 0) is 22.5 Å². The van der Waals surface area contributed by atoms with Gasteiger partial charge in [0.1, 0.15) is 5.82 Å². The molecule has 6 nitrogen and oxygen atoms in total. The highest BCUT2D eigenvalue weighted by atomic mass is 32.2. The molecule has 7 heteroatoms. The van der Waals surface area contributed by atoms with E-state index in [9.17, 15) is 4.79 Å². The smallest absolute Gasteiger partial charge is 0.233 e. The van der Waals surface area contributed by atoms with Crippen molar-refractivity contribution in [3.63, 3.8) is 0 Å². The van der Waals surface area contributed by atoms with Gasteiger partial charge in [-0.05, 0) is 38.0 Å². The number of aromatic nitrogens is 3. The molecule has 0 bridgehead atoms. The minimum absolute atomic E-state index is 0.222. The summed E-state index contributed by atoms with van der Waals surface area (Å²) < 4.78 is 7.96. The summed E-state index contributed by atoms with van der Waals surface area (Å²) >= 11 is 1.52. The lowest BCUT2D eigenvalue weighted by Crippen LogP contribution is -2.40. The molecule has 0 radical (unpaired) electrons. The third-order valence-electron chi connectivity index (χ3n) is 5.01. The van der Waals surface area contributed by atoms with Crippen molar-refractivity contribution in [1.29, 1.82) is 0 Å².